The number of rotatable bonds is 6. The first-order chi connectivity index (χ1) is 15.1. The highest BCUT2D eigenvalue weighted by Gasteiger charge is 2.43. The number of hydrogen-bond acceptors (Lipinski definition) is 5. The number of Topliss-reactive ketones (excluding diaryl/α,β-unsaturated/α-hetero) is 2. The van der Waals surface area contributed by atoms with E-state index in [2.05, 4.69) is 17.7 Å². The van der Waals surface area contributed by atoms with Crippen LogP contribution in [-0.2, 0) is 9.59 Å². The van der Waals surface area contributed by atoms with Crippen LogP contribution in [0.5, 0.6) is 11.5 Å². The van der Waals surface area contributed by atoms with E-state index in [0.29, 0.717) is 30.9 Å². The number of hydrogen-bond donors (Lipinski definition) is 0. The van der Waals surface area contributed by atoms with Crippen molar-refractivity contribution in [1.29, 1.82) is 0 Å². The third-order valence-corrected chi connectivity index (χ3v) is 6.31. The number of nitrogens with zero attached hydrogens (tertiary/aromatic N) is 1. The minimum Gasteiger partial charge on any atom is -0.490 e. The SMILES string of the molecule is C#CCOc1ccc(C2C3=C(CCCC3=O)N(CC)C3=C2C(=O)CCC3)cc1OCC. The second-order valence-electron chi connectivity index (χ2n) is 8.08. The Labute approximate surface area is 184 Å². The van der Waals surface area contributed by atoms with Crippen LogP contribution in [0.15, 0.2) is 40.7 Å². The zero-order valence-corrected chi connectivity index (χ0v) is 18.3. The number of ether oxygens (including phenoxy) is 2. The van der Waals surface area contributed by atoms with Gasteiger partial charge in [0.15, 0.2) is 23.1 Å². The van der Waals surface area contributed by atoms with Crippen LogP contribution >= 0.6 is 0 Å². The van der Waals surface area contributed by atoms with E-state index in [9.17, 15) is 9.59 Å². The Morgan fingerprint density at radius 1 is 0.968 bits per heavy atom. The van der Waals surface area contributed by atoms with Crippen LogP contribution in [-0.4, -0.2) is 36.2 Å². The molecule has 2 aliphatic carbocycles. The number of terminal acetylenes is 1. The summed E-state index contributed by atoms with van der Waals surface area (Å²) in [5, 5.41) is 0. The molecule has 0 atom stereocenters. The van der Waals surface area contributed by atoms with Crippen molar-refractivity contribution in [1.82, 2.24) is 4.90 Å². The third-order valence-electron chi connectivity index (χ3n) is 6.31. The van der Waals surface area contributed by atoms with Gasteiger partial charge in [-0.25, -0.2) is 0 Å². The van der Waals surface area contributed by atoms with Crippen molar-refractivity contribution in [3.63, 3.8) is 0 Å². The molecule has 1 heterocycles. The Morgan fingerprint density at radius 3 is 2.16 bits per heavy atom. The summed E-state index contributed by atoms with van der Waals surface area (Å²) in [5.41, 5.74) is 4.69. The summed E-state index contributed by atoms with van der Waals surface area (Å²) >= 11 is 0. The molecule has 0 N–H and O–H groups in total. The summed E-state index contributed by atoms with van der Waals surface area (Å²) in [5.74, 6) is 3.60. The molecular formula is C26H29NO4. The van der Waals surface area contributed by atoms with Crippen LogP contribution in [0.4, 0.5) is 0 Å². The van der Waals surface area contributed by atoms with E-state index in [-0.39, 0.29) is 24.1 Å². The summed E-state index contributed by atoms with van der Waals surface area (Å²) in [6.45, 7) is 5.40. The summed E-state index contributed by atoms with van der Waals surface area (Å²) in [6.07, 6.45) is 9.88. The largest absolute Gasteiger partial charge is 0.490 e. The predicted octanol–water partition coefficient (Wildman–Crippen LogP) is 4.53. The highest BCUT2D eigenvalue weighted by Crippen LogP contribution is 2.49. The van der Waals surface area contributed by atoms with Gasteiger partial charge >= 0.3 is 0 Å². The van der Waals surface area contributed by atoms with Crippen molar-refractivity contribution in [2.75, 3.05) is 19.8 Å². The number of ketones is 2. The first-order valence-corrected chi connectivity index (χ1v) is 11.2. The molecule has 1 aromatic carbocycles. The average molecular weight is 420 g/mol. The second-order valence-corrected chi connectivity index (χ2v) is 8.08. The Kier molecular flexibility index (Phi) is 6.18. The molecule has 0 aromatic heterocycles. The fraction of sp³-hybridized carbons (Fsp3) is 0.462. The normalized spacial score (nSPS) is 19.2. The van der Waals surface area contributed by atoms with E-state index in [4.69, 9.17) is 15.9 Å². The van der Waals surface area contributed by atoms with Gasteiger partial charge in [-0.1, -0.05) is 12.0 Å². The van der Waals surface area contributed by atoms with Crippen molar-refractivity contribution in [3.8, 4) is 23.8 Å². The van der Waals surface area contributed by atoms with E-state index in [1.807, 2.05) is 25.1 Å². The maximum atomic E-state index is 13.2. The van der Waals surface area contributed by atoms with Gasteiger partial charge in [-0.15, -0.1) is 6.42 Å². The molecule has 0 bridgehead atoms. The molecule has 0 radical (unpaired) electrons. The first kappa shape index (κ1) is 21.2. The molecule has 1 aliphatic heterocycles. The van der Waals surface area contributed by atoms with Crippen LogP contribution in [0.25, 0.3) is 0 Å². The predicted molar refractivity (Wildman–Crippen MR) is 119 cm³/mol. The van der Waals surface area contributed by atoms with E-state index in [1.54, 1.807) is 0 Å². The highest BCUT2D eigenvalue weighted by molar-refractivity contribution is 6.06. The molecule has 0 saturated carbocycles. The molecule has 4 rings (SSSR count). The van der Waals surface area contributed by atoms with Gasteiger partial charge in [-0.05, 0) is 57.2 Å². The van der Waals surface area contributed by atoms with Gasteiger partial charge in [0.2, 0.25) is 0 Å². The van der Waals surface area contributed by atoms with E-state index in [0.717, 1.165) is 60.3 Å². The lowest BCUT2D eigenvalue weighted by Crippen LogP contribution is -2.39. The lowest BCUT2D eigenvalue weighted by atomic mass is 9.71. The molecule has 0 unspecified atom stereocenters. The summed E-state index contributed by atoms with van der Waals surface area (Å²) in [4.78, 5) is 28.6. The van der Waals surface area contributed by atoms with E-state index in [1.165, 1.54) is 0 Å². The average Bonchev–Trinajstić information content (AvgIpc) is 2.77. The van der Waals surface area contributed by atoms with Gasteiger partial charge in [0.1, 0.15) is 6.61 Å². The molecule has 5 heteroatoms. The zero-order chi connectivity index (χ0) is 22.0. The number of carbonyl (C=O) groups is 2. The first-order valence-electron chi connectivity index (χ1n) is 11.2. The van der Waals surface area contributed by atoms with Gasteiger partial charge in [-0.2, -0.15) is 0 Å². The highest BCUT2D eigenvalue weighted by atomic mass is 16.5. The molecule has 162 valence electrons. The van der Waals surface area contributed by atoms with Crippen molar-refractivity contribution in [2.24, 2.45) is 0 Å². The Hall–Kier alpha value is -3.00. The second kappa shape index (κ2) is 9.01. The Balaban J connectivity index is 1.89. The number of allylic oxidation sites excluding steroid dienone is 4. The van der Waals surface area contributed by atoms with Gasteiger partial charge in [0, 0.05) is 47.8 Å². The van der Waals surface area contributed by atoms with Crippen LogP contribution < -0.4 is 9.47 Å². The summed E-state index contributed by atoms with van der Waals surface area (Å²) in [7, 11) is 0. The smallest absolute Gasteiger partial charge is 0.162 e. The summed E-state index contributed by atoms with van der Waals surface area (Å²) in [6, 6.07) is 5.70. The van der Waals surface area contributed by atoms with Gasteiger partial charge in [0.25, 0.3) is 0 Å². The molecule has 0 saturated heterocycles. The fourth-order valence-corrected chi connectivity index (χ4v) is 5.14. The Bertz CT molecular complexity index is 967. The van der Waals surface area contributed by atoms with Crippen molar-refractivity contribution < 1.29 is 19.1 Å². The minimum atomic E-state index is -0.339. The lowest BCUT2D eigenvalue weighted by molar-refractivity contribution is -0.117. The van der Waals surface area contributed by atoms with E-state index >= 15 is 0 Å². The van der Waals surface area contributed by atoms with Crippen LogP contribution in [0.2, 0.25) is 0 Å². The van der Waals surface area contributed by atoms with Crippen LogP contribution in [0, 0.1) is 12.3 Å². The van der Waals surface area contributed by atoms with E-state index < -0.39 is 0 Å². The maximum absolute atomic E-state index is 13.2. The standard InChI is InChI=1S/C26H29NO4/c1-4-15-31-22-14-13-17(16-23(22)30-6-3)24-25-18(9-7-11-20(25)28)27(5-2)19-10-8-12-21(29)26(19)24/h1,13-14,16,24H,5-12,15H2,2-3H3. The van der Waals surface area contributed by atoms with Crippen molar-refractivity contribution in [2.45, 2.75) is 58.3 Å². The van der Waals surface area contributed by atoms with Gasteiger partial charge in [0.05, 0.1) is 6.61 Å². The van der Waals surface area contributed by atoms with Crippen molar-refractivity contribution in [3.05, 3.63) is 46.3 Å². The fourth-order valence-electron chi connectivity index (χ4n) is 5.14. The molecular weight excluding hydrogens is 390 g/mol. The molecule has 31 heavy (non-hydrogen) atoms. The molecule has 0 amide bonds. The minimum absolute atomic E-state index is 0.149. The molecule has 0 spiro atoms. The molecule has 5 nitrogen and oxygen atoms in total. The van der Waals surface area contributed by atoms with Gasteiger partial charge in [-0.3, -0.25) is 9.59 Å². The van der Waals surface area contributed by atoms with Crippen LogP contribution in [0.1, 0.15) is 63.9 Å². The van der Waals surface area contributed by atoms with Crippen LogP contribution in [0.3, 0.4) is 0 Å². The number of benzene rings is 1. The molecule has 0 fully saturated rings. The quantitative estimate of drug-likeness (QED) is 0.634. The van der Waals surface area contributed by atoms with Gasteiger partial charge < -0.3 is 14.4 Å². The Morgan fingerprint density at radius 2 is 1.61 bits per heavy atom. The van der Waals surface area contributed by atoms with Crippen molar-refractivity contribution >= 4 is 11.6 Å². The number of carbonyl (C=O) groups excluding carboxylic acids is 2. The topological polar surface area (TPSA) is 55.8 Å². The maximum Gasteiger partial charge on any atom is 0.162 e. The third kappa shape index (κ3) is 3.76. The zero-order valence-electron chi connectivity index (χ0n) is 18.3. The molecule has 1 aromatic rings. The monoisotopic (exact) mass is 419 g/mol. The lowest BCUT2D eigenvalue weighted by Gasteiger charge is -2.43. The summed E-state index contributed by atoms with van der Waals surface area (Å²) < 4.78 is 11.5. The molecule has 3 aliphatic rings.